The molecule has 25 heavy (non-hydrogen) atoms. The number of likely N-dealkylation sites (tertiary alicyclic amines) is 1. The molecule has 0 spiro atoms. The fourth-order valence-corrected chi connectivity index (χ4v) is 3.08. The minimum Gasteiger partial charge on any atom is -0.504 e. The highest BCUT2D eigenvalue weighted by Gasteiger charge is 2.29. The molecule has 1 aromatic rings. The summed E-state index contributed by atoms with van der Waals surface area (Å²) < 4.78 is 0. The summed E-state index contributed by atoms with van der Waals surface area (Å²) >= 11 is 0. The second kappa shape index (κ2) is 8.74. The number of hydrogen-bond acceptors (Lipinski definition) is 4. The lowest BCUT2D eigenvalue weighted by molar-refractivity contribution is -0.138. The van der Waals surface area contributed by atoms with Gasteiger partial charge in [0.05, 0.1) is 5.92 Å². The van der Waals surface area contributed by atoms with E-state index in [1.54, 1.807) is 6.07 Å². The predicted octanol–water partition coefficient (Wildman–Crippen LogP) is 2.04. The number of amides is 2. The first-order valence-corrected chi connectivity index (χ1v) is 8.99. The SMILES string of the molecule is CC[C@@H](C)C(=O)N1CCC[C@@H](C(=O)NCCc2ccc(O)c(O)c2)C1. The number of rotatable bonds is 6. The Balaban J connectivity index is 1.81. The van der Waals surface area contributed by atoms with Gasteiger partial charge in [-0.2, -0.15) is 0 Å². The van der Waals surface area contributed by atoms with Crippen molar-refractivity contribution in [3.05, 3.63) is 23.8 Å². The molecular weight excluding hydrogens is 320 g/mol. The first kappa shape index (κ1) is 19.1. The topological polar surface area (TPSA) is 89.9 Å². The third-order valence-corrected chi connectivity index (χ3v) is 4.89. The summed E-state index contributed by atoms with van der Waals surface area (Å²) in [6, 6.07) is 4.65. The summed E-state index contributed by atoms with van der Waals surface area (Å²) in [6.07, 6.45) is 3.04. The normalized spacial score (nSPS) is 18.6. The molecule has 0 aliphatic carbocycles. The Kier molecular flexibility index (Phi) is 6.67. The highest BCUT2D eigenvalue weighted by Crippen LogP contribution is 2.25. The number of nitrogens with zero attached hydrogens (tertiary/aromatic N) is 1. The fourth-order valence-electron chi connectivity index (χ4n) is 3.08. The molecule has 6 nitrogen and oxygen atoms in total. The highest BCUT2D eigenvalue weighted by atomic mass is 16.3. The molecule has 1 heterocycles. The lowest BCUT2D eigenvalue weighted by Crippen LogP contribution is -2.47. The molecule has 2 atom stereocenters. The lowest BCUT2D eigenvalue weighted by Gasteiger charge is -2.33. The van der Waals surface area contributed by atoms with Crippen LogP contribution in [0.15, 0.2) is 18.2 Å². The van der Waals surface area contributed by atoms with Crippen molar-refractivity contribution in [1.82, 2.24) is 10.2 Å². The number of carbonyl (C=O) groups is 2. The van der Waals surface area contributed by atoms with Crippen LogP contribution in [0.1, 0.15) is 38.7 Å². The van der Waals surface area contributed by atoms with Gasteiger partial charge in [0.25, 0.3) is 0 Å². The fraction of sp³-hybridized carbons (Fsp3) is 0.579. The molecular formula is C19H28N2O4. The molecule has 3 N–H and O–H groups in total. The number of benzene rings is 1. The van der Waals surface area contributed by atoms with Gasteiger partial charge in [-0.3, -0.25) is 9.59 Å². The molecule has 2 amide bonds. The van der Waals surface area contributed by atoms with E-state index in [0.717, 1.165) is 31.4 Å². The Morgan fingerprint density at radius 1 is 1.32 bits per heavy atom. The summed E-state index contributed by atoms with van der Waals surface area (Å²) in [4.78, 5) is 26.5. The molecule has 6 heteroatoms. The summed E-state index contributed by atoms with van der Waals surface area (Å²) in [7, 11) is 0. The summed E-state index contributed by atoms with van der Waals surface area (Å²) in [6.45, 7) is 5.62. The Labute approximate surface area is 148 Å². The number of nitrogens with one attached hydrogen (secondary N) is 1. The molecule has 0 bridgehead atoms. The van der Waals surface area contributed by atoms with Crippen LogP contribution in [0.2, 0.25) is 0 Å². The highest BCUT2D eigenvalue weighted by molar-refractivity contribution is 5.82. The van der Waals surface area contributed by atoms with Gasteiger partial charge in [-0.25, -0.2) is 0 Å². The number of piperidine rings is 1. The minimum absolute atomic E-state index is 0.00369. The number of aromatic hydroxyl groups is 2. The maximum Gasteiger partial charge on any atom is 0.225 e. The zero-order valence-corrected chi connectivity index (χ0v) is 15.0. The van der Waals surface area contributed by atoms with Crippen LogP contribution in [-0.4, -0.2) is 46.6 Å². The van der Waals surface area contributed by atoms with Gasteiger partial charge in [0, 0.05) is 25.6 Å². The van der Waals surface area contributed by atoms with Crippen LogP contribution in [0.5, 0.6) is 11.5 Å². The quantitative estimate of drug-likeness (QED) is 0.686. The largest absolute Gasteiger partial charge is 0.504 e. The number of carbonyl (C=O) groups excluding carboxylic acids is 2. The summed E-state index contributed by atoms with van der Waals surface area (Å²) in [5, 5.41) is 21.7. The third-order valence-electron chi connectivity index (χ3n) is 4.89. The van der Waals surface area contributed by atoms with Crippen LogP contribution >= 0.6 is 0 Å². The van der Waals surface area contributed by atoms with E-state index < -0.39 is 0 Å². The summed E-state index contributed by atoms with van der Waals surface area (Å²) in [5.74, 6) is -0.348. The van der Waals surface area contributed by atoms with Gasteiger partial charge in [0.15, 0.2) is 11.5 Å². The van der Waals surface area contributed by atoms with Gasteiger partial charge in [-0.05, 0) is 43.4 Å². The number of hydrogen-bond donors (Lipinski definition) is 3. The monoisotopic (exact) mass is 348 g/mol. The molecule has 0 radical (unpaired) electrons. The Morgan fingerprint density at radius 2 is 2.08 bits per heavy atom. The van der Waals surface area contributed by atoms with Gasteiger partial charge in [-0.15, -0.1) is 0 Å². The van der Waals surface area contributed by atoms with Crippen LogP contribution in [0.3, 0.4) is 0 Å². The minimum atomic E-state index is -0.157. The van der Waals surface area contributed by atoms with Crippen molar-refractivity contribution < 1.29 is 19.8 Å². The zero-order valence-electron chi connectivity index (χ0n) is 15.0. The molecule has 1 fully saturated rings. The first-order valence-electron chi connectivity index (χ1n) is 8.99. The van der Waals surface area contributed by atoms with E-state index in [2.05, 4.69) is 5.32 Å². The molecule has 1 saturated heterocycles. The smallest absolute Gasteiger partial charge is 0.225 e. The lowest BCUT2D eigenvalue weighted by atomic mass is 9.95. The second-order valence-electron chi connectivity index (χ2n) is 6.80. The van der Waals surface area contributed by atoms with E-state index in [4.69, 9.17) is 0 Å². The van der Waals surface area contributed by atoms with E-state index in [1.165, 1.54) is 12.1 Å². The van der Waals surface area contributed by atoms with E-state index in [0.29, 0.717) is 19.5 Å². The maximum atomic E-state index is 12.4. The van der Waals surface area contributed by atoms with Crippen LogP contribution in [0, 0.1) is 11.8 Å². The average Bonchev–Trinajstić information content (AvgIpc) is 2.63. The van der Waals surface area contributed by atoms with E-state index in [9.17, 15) is 19.8 Å². The maximum absolute atomic E-state index is 12.4. The Hall–Kier alpha value is -2.24. The van der Waals surface area contributed by atoms with Crippen molar-refractivity contribution >= 4 is 11.8 Å². The van der Waals surface area contributed by atoms with Crippen molar-refractivity contribution in [1.29, 1.82) is 0 Å². The third kappa shape index (κ3) is 5.11. The zero-order chi connectivity index (χ0) is 18.4. The van der Waals surface area contributed by atoms with Crippen molar-refractivity contribution in [3.63, 3.8) is 0 Å². The van der Waals surface area contributed by atoms with Crippen LogP contribution in [-0.2, 0) is 16.0 Å². The van der Waals surface area contributed by atoms with Crippen LogP contribution < -0.4 is 5.32 Å². The summed E-state index contributed by atoms with van der Waals surface area (Å²) in [5.41, 5.74) is 0.841. The predicted molar refractivity (Wildman–Crippen MR) is 95.2 cm³/mol. The molecule has 0 unspecified atom stereocenters. The Bertz CT molecular complexity index is 617. The van der Waals surface area contributed by atoms with Gasteiger partial charge in [0.2, 0.25) is 11.8 Å². The van der Waals surface area contributed by atoms with Crippen LogP contribution in [0.4, 0.5) is 0 Å². The Morgan fingerprint density at radius 3 is 2.76 bits per heavy atom. The van der Waals surface area contributed by atoms with Crippen molar-refractivity contribution in [3.8, 4) is 11.5 Å². The van der Waals surface area contributed by atoms with Crippen LogP contribution in [0.25, 0.3) is 0 Å². The van der Waals surface area contributed by atoms with E-state index >= 15 is 0 Å². The standard InChI is InChI=1S/C19H28N2O4/c1-3-13(2)19(25)21-10-4-5-15(12-21)18(24)20-9-8-14-6-7-16(22)17(23)11-14/h6-7,11,13,15,22-23H,3-5,8-10,12H2,1-2H3,(H,20,24)/t13-,15-/m1/s1. The van der Waals surface area contributed by atoms with Gasteiger partial charge in [0.1, 0.15) is 0 Å². The average molecular weight is 348 g/mol. The van der Waals surface area contributed by atoms with Crippen molar-refractivity contribution in [2.75, 3.05) is 19.6 Å². The number of phenols is 2. The molecule has 1 aromatic carbocycles. The van der Waals surface area contributed by atoms with Crippen molar-refractivity contribution in [2.24, 2.45) is 11.8 Å². The molecule has 1 aliphatic heterocycles. The van der Waals surface area contributed by atoms with E-state index in [1.807, 2.05) is 18.7 Å². The van der Waals surface area contributed by atoms with Crippen molar-refractivity contribution in [2.45, 2.75) is 39.5 Å². The molecule has 0 aromatic heterocycles. The molecule has 2 rings (SSSR count). The molecule has 138 valence electrons. The molecule has 1 aliphatic rings. The van der Waals surface area contributed by atoms with Gasteiger partial charge < -0.3 is 20.4 Å². The van der Waals surface area contributed by atoms with E-state index in [-0.39, 0.29) is 35.1 Å². The van der Waals surface area contributed by atoms with Gasteiger partial charge >= 0.3 is 0 Å². The first-order chi connectivity index (χ1) is 11.9. The molecule has 0 saturated carbocycles. The number of phenolic OH excluding ortho intramolecular Hbond substituents is 2. The van der Waals surface area contributed by atoms with Gasteiger partial charge in [-0.1, -0.05) is 19.9 Å². The second-order valence-corrected chi connectivity index (χ2v) is 6.80.